The van der Waals surface area contributed by atoms with Gasteiger partial charge in [-0.3, -0.25) is 0 Å². The SMILES string of the molecule is COc1c(Cl)cc(C2(N)CCC2)cc1OC1CCCC1. The van der Waals surface area contributed by atoms with Crippen molar-refractivity contribution in [1.82, 2.24) is 0 Å². The first-order valence-electron chi connectivity index (χ1n) is 7.46. The zero-order chi connectivity index (χ0) is 14.2. The summed E-state index contributed by atoms with van der Waals surface area (Å²) in [6, 6.07) is 3.96. The van der Waals surface area contributed by atoms with E-state index in [0.717, 1.165) is 37.0 Å². The van der Waals surface area contributed by atoms with E-state index >= 15 is 0 Å². The lowest BCUT2D eigenvalue weighted by atomic mass is 9.73. The highest BCUT2D eigenvalue weighted by Crippen LogP contribution is 2.45. The Morgan fingerprint density at radius 2 is 1.90 bits per heavy atom. The third-order valence-electron chi connectivity index (χ3n) is 4.63. The maximum atomic E-state index is 6.41. The molecule has 2 fully saturated rings. The maximum Gasteiger partial charge on any atom is 0.179 e. The fourth-order valence-electron chi connectivity index (χ4n) is 3.17. The Kier molecular flexibility index (Phi) is 3.83. The summed E-state index contributed by atoms with van der Waals surface area (Å²) in [4.78, 5) is 0. The Morgan fingerprint density at radius 1 is 1.20 bits per heavy atom. The molecule has 2 saturated carbocycles. The number of hydrogen-bond donors (Lipinski definition) is 1. The van der Waals surface area contributed by atoms with Gasteiger partial charge in [0.1, 0.15) is 0 Å². The number of nitrogens with two attached hydrogens (primary N) is 1. The van der Waals surface area contributed by atoms with Crippen molar-refractivity contribution in [2.75, 3.05) is 7.11 Å². The summed E-state index contributed by atoms with van der Waals surface area (Å²) >= 11 is 6.35. The maximum absolute atomic E-state index is 6.41. The van der Waals surface area contributed by atoms with Gasteiger partial charge in [0.05, 0.1) is 18.2 Å². The van der Waals surface area contributed by atoms with Crippen LogP contribution in [0.2, 0.25) is 5.02 Å². The molecule has 20 heavy (non-hydrogen) atoms. The summed E-state index contributed by atoms with van der Waals surface area (Å²) < 4.78 is 11.5. The largest absolute Gasteiger partial charge is 0.491 e. The predicted molar refractivity (Wildman–Crippen MR) is 80.6 cm³/mol. The van der Waals surface area contributed by atoms with Gasteiger partial charge in [0.2, 0.25) is 0 Å². The molecular formula is C16H22ClNO2. The van der Waals surface area contributed by atoms with Gasteiger partial charge >= 0.3 is 0 Å². The van der Waals surface area contributed by atoms with Crippen molar-refractivity contribution in [3.05, 3.63) is 22.7 Å². The third kappa shape index (κ3) is 2.49. The van der Waals surface area contributed by atoms with Crippen LogP contribution in [0.15, 0.2) is 12.1 Å². The molecule has 0 saturated heterocycles. The average molecular weight is 296 g/mol. The Morgan fingerprint density at radius 3 is 2.45 bits per heavy atom. The molecular weight excluding hydrogens is 274 g/mol. The van der Waals surface area contributed by atoms with E-state index in [1.165, 1.54) is 19.3 Å². The van der Waals surface area contributed by atoms with E-state index in [9.17, 15) is 0 Å². The monoisotopic (exact) mass is 295 g/mol. The first-order valence-corrected chi connectivity index (χ1v) is 7.84. The molecule has 2 aliphatic carbocycles. The van der Waals surface area contributed by atoms with Crippen molar-refractivity contribution in [2.24, 2.45) is 5.73 Å². The molecule has 1 aromatic rings. The summed E-state index contributed by atoms with van der Waals surface area (Å²) in [5, 5.41) is 0.592. The molecule has 2 N–H and O–H groups in total. The zero-order valence-electron chi connectivity index (χ0n) is 12.0. The number of methoxy groups -OCH3 is 1. The minimum Gasteiger partial charge on any atom is -0.491 e. The van der Waals surface area contributed by atoms with Crippen molar-refractivity contribution < 1.29 is 9.47 Å². The Balaban J connectivity index is 1.92. The van der Waals surface area contributed by atoms with E-state index < -0.39 is 0 Å². The quantitative estimate of drug-likeness (QED) is 0.913. The van der Waals surface area contributed by atoms with Crippen LogP contribution >= 0.6 is 11.6 Å². The van der Waals surface area contributed by atoms with E-state index in [0.29, 0.717) is 10.8 Å². The highest BCUT2D eigenvalue weighted by atomic mass is 35.5. The standard InChI is InChI=1S/C16H22ClNO2/c1-19-15-13(17)9-11(16(18)7-4-8-16)10-14(15)20-12-5-2-3-6-12/h9-10,12H,2-8,18H2,1H3. The molecule has 0 unspecified atom stereocenters. The highest BCUT2D eigenvalue weighted by Gasteiger charge is 2.35. The van der Waals surface area contributed by atoms with E-state index in [4.69, 9.17) is 26.8 Å². The van der Waals surface area contributed by atoms with Crippen molar-refractivity contribution in [2.45, 2.75) is 56.6 Å². The Bertz CT molecular complexity index is 493. The molecule has 0 aromatic heterocycles. The first-order chi connectivity index (χ1) is 9.62. The lowest BCUT2D eigenvalue weighted by Gasteiger charge is -2.39. The molecule has 1 aromatic carbocycles. The van der Waals surface area contributed by atoms with Gasteiger partial charge in [-0.1, -0.05) is 11.6 Å². The number of hydrogen-bond acceptors (Lipinski definition) is 3. The second kappa shape index (κ2) is 5.45. The van der Waals surface area contributed by atoms with Crippen LogP contribution in [-0.4, -0.2) is 13.2 Å². The van der Waals surface area contributed by atoms with Crippen LogP contribution in [-0.2, 0) is 5.54 Å². The molecule has 0 heterocycles. The lowest BCUT2D eigenvalue weighted by molar-refractivity contribution is 0.198. The number of ether oxygens (including phenoxy) is 2. The smallest absolute Gasteiger partial charge is 0.179 e. The molecule has 110 valence electrons. The van der Waals surface area contributed by atoms with Gasteiger partial charge in [0.25, 0.3) is 0 Å². The fraction of sp³-hybridized carbons (Fsp3) is 0.625. The van der Waals surface area contributed by atoms with Crippen LogP contribution in [0.1, 0.15) is 50.5 Å². The predicted octanol–water partition coefficient (Wildman–Crippen LogP) is 4.01. The minimum atomic E-state index is -0.232. The van der Waals surface area contributed by atoms with E-state index in [-0.39, 0.29) is 11.6 Å². The molecule has 3 nitrogen and oxygen atoms in total. The third-order valence-corrected chi connectivity index (χ3v) is 4.91. The van der Waals surface area contributed by atoms with Crippen LogP contribution in [0, 0.1) is 0 Å². The van der Waals surface area contributed by atoms with E-state index in [1.54, 1.807) is 7.11 Å². The molecule has 0 spiro atoms. The van der Waals surface area contributed by atoms with Gasteiger partial charge in [-0.2, -0.15) is 0 Å². The molecule has 0 aliphatic heterocycles. The Hall–Kier alpha value is -0.930. The summed E-state index contributed by atoms with van der Waals surface area (Å²) in [5.74, 6) is 1.38. The van der Waals surface area contributed by atoms with Crippen molar-refractivity contribution in [3.8, 4) is 11.5 Å². The topological polar surface area (TPSA) is 44.5 Å². The minimum absolute atomic E-state index is 0.232. The molecule has 3 rings (SSSR count). The molecule has 0 atom stereocenters. The van der Waals surface area contributed by atoms with Gasteiger partial charge in [0, 0.05) is 5.54 Å². The summed E-state index contributed by atoms with van der Waals surface area (Å²) in [5.41, 5.74) is 7.25. The van der Waals surface area contributed by atoms with Crippen molar-refractivity contribution >= 4 is 11.6 Å². The summed E-state index contributed by atoms with van der Waals surface area (Å²) in [6.45, 7) is 0. The summed E-state index contributed by atoms with van der Waals surface area (Å²) in [7, 11) is 1.63. The fourth-order valence-corrected chi connectivity index (χ4v) is 3.46. The van der Waals surface area contributed by atoms with Gasteiger partial charge in [-0.05, 0) is 62.6 Å². The van der Waals surface area contributed by atoms with Crippen molar-refractivity contribution in [3.63, 3.8) is 0 Å². The van der Waals surface area contributed by atoms with Crippen LogP contribution in [0.25, 0.3) is 0 Å². The summed E-state index contributed by atoms with van der Waals surface area (Å²) in [6.07, 6.45) is 8.18. The molecule has 2 aliphatic rings. The van der Waals surface area contributed by atoms with Crippen LogP contribution < -0.4 is 15.2 Å². The van der Waals surface area contributed by atoms with Crippen LogP contribution in [0.4, 0.5) is 0 Å². The van der Waals surface area contributed by atoms with E-state index in [1.807, 2.05) is 12.1 Å². The molecule has 0 bridgehead atoms. The second-order valence-electron chi connectivity index (χ2n) is 6.02. The average Bonchev–Trinajstić information content (AvgIpc) is 2.88. The molecule has 4 heteroatoms. The van der Waals surface area contributed by atoms with Gasteiger partial charge in [0.15, 0.2) is 11.5 Å². The number of halogens is 1. The number of benzene rings is 1. The second-order valence-corrected chi connectivity index (χ2v) is 6.43. The molecule has 0 radical (unpaired) electrons. The first kappa shape index (κ1) is 14.0. The van der Waals surface area contributed by atoms with Gasteiger partial charge in [-0.25, -0.2) is 0 Å². The Labute approximate surface area is 125 Å². The van der Waals surface area contributed by atoms with Crippen molar-refractivity contribution in [1.29, 1.82) is 0 Å². The lowest BCUT2D eigenvalue weighted by Crippen LogP contribution is -2.43. The van der Waals surface area contributed by atoms with E-state index in [2.05, 4.69) is 0 Å². The zero-order valence-corrected chi connectivity index (χ0v) is 12.7. The van der Waals surface area contributed by atoms with Gasteiger partial charge < -0.3 is 15.2 Å². The molecule has 0 amide bonds. The van der Waals surface area contributed by atoms with Gasteiger partial charge in [-0.15, -0.1) is 0 Å². The van der Waals surface area contributed by atoms with Crippen LogP contribution in [0.3, 0.4) is 0 Å². The van der Waals surface area contributed by atoms with Crippen LogP contribution in [0.5, 0.6) is 11.5 Å². The highest BCUT2D eigenvalue weighted by molar-refractivity contribution is 6.32. The number of rotatable bonds is 4. The normalized spacial score (nSPS) is 21.6.